The van der Waals surface area contributed by atoms with Gasteiger partial charge in [0.1, 0.15) is 5.82 Å². The van der Waals surface area contributed by atoms with E-state index in [0.717, 1.165) is 12.1 Å². The van der Waals surface area contributed by atoms with Crippen LogP contribution in [-0.2, 0) is 11.2 Å². The molecular weight excluding hydrogens is 216 g/mol. The number of rotatable bonds is 6. The van der Waals surface area contributed by atoms with E-state index >= 15 is 0 Å². The first kappa shape index (κ1) is 13.6. The Kier molecular flexibility index (Phi) is 5.56. The summed E-state index contributed by atoms with van der Waals surface area (Å²) in [6.45, 7) is 4.88. The van der Waals surface area contributed by atoms with E-state index < -0.39 is 0 Å². The highest BCUT2D eigenvalue weighted by molar-refractivity contribution is 5.79. The number of aryl methyl sites for hydroxylation is 1. The van der Waals surface area contributed by atoms with Crippen molar-refractivity contribution in [3.63, 3.8) is 0 Å². The van der Waals surface area contributed by atoms with Crippen LogP contribution in [0.5, 0.6) is 0 Å². The zero-order valence-electron chi connectivity index (χ0n) is 10.4. The molecule has 0 aliphatic carbocycles. The van der Waals surface area contributed by atoms with Crippen molar-refractivity contribution in [2.24, 2.45) is 11.7 Å². The lowest BCUT2D eigenvalue weighted by atomic mass is 10.0. The molecule has 0 bridgehead atoms. The standard InChI is InChI=1S/C12H20N4O/c1-3-5-15-12(17)10(8-13)7-11-4-6-14-9(2)16-11/h4,6,10H,3,5,7-8,13H2,1-2H3,(H,15,17). The van der Waals surface area contributed by atoms with Crippen molar-refractivity contribution in [2.75, 3.05) is 13.1 Å². The normalized spacial score (nSPS) is 12.2. The van der Waals surface area contributed by atoms with Crippen LogP contribution < -0.4 is 11.1 Å². The smallest absolute Gasteiger partial charge is 0.224 e. The van der Waals surface area contributed by atoms with E-state index in [1.165, 1.54) is 0 Å². The van der Waals surface area contributed by atoms with Crippen LogP contribution in [-0.4, -0.2) is 29.0 Å². The van der Waals surface area contributed by atoms with Gasteiger partial charge in [0.15, 0.2) is 0 Å². The van der Waals surface area contributed by atoms with Crippen LogP contribution in [0, 0.1) is 12.8 Å². The second-order valence-corrected chi connectivity index (χ2v) is 4.02. The third-order valence-corrected chi connectivity index (χ3v) is 2.49. The maximum atomic E-state index is 11.8. The van der Waals surface area contributed by atoms with Gasteiger partial charge >= 0.3 is 0 Å². The Labute approximate surface area is 102 Å². The van der Waals surface area contributed by atoms with Gasteiger partial charge in [0.25, 0.3) is 0 Å². The molecule has 5 heteroatoms. The van der Waals surface area contributed by atoms with Gasteiger partial charge in [-0.3, -0.25) is 4.79 Å². The predicted octanol–water partition coefficient (Wildman–Crippen LogP) is 0.429. The average Bonchev–Trinajstić information content (AvgIpc) is 2.33. The fraction of sp³-hybridized carbons (Fsp3) is 0.583. The number of aromatic nitrogens is 2. The highest BCUT2D eigenvalue weighted by atomic mass is 16.1. The Morgan fingerprint density at radius 3 is 2.94 bits per heavy atom. The first-order valence-electron chi connectivity index (χ1n) is 5.93. The van der Waals surface area contributed by atoms with Gasteiger partial charge in [-0.25, -0.2) is 9.97 Å². The van der Waals surface area contributed by atoms with Gasteiger partial charge in [0.2, 0.25) is 5.91 Å². The molecule has 0 fully saturated rings. The van der Waals surface area contributed by atoms with E-state index in [-0.39, 0.29) is 11.8 Å². The zero-order chi connectivity index (χ0) is 12.7. The molecule has 1 atom stereocenters. The van der Waals surface area contributed by atoms with Gasteiger partial charge in [0.05, 0.1) is 5.92 Å². The van der Waals surface area contributed by atoms with E-state index in [2.05, 4.69) is 15.3 Å². The molecule has 1 unspecified atom stereocenters. The molecule has 0 saturated heterocycles. The van der Waals surface area contributed by atoms with Gasteiger partial charge < -0.3 is 11.1 Å². The fourth-order valence-corrected chi connectivity index (χ4v) is 1.55. The predicted molar refractivity (Wildman–Crippen MR) is 66.3 cm³/mol. The lowest BCUT2D eigenvalue weighted by Crippen LogP contribution is -2.36. The summed E-state index contributed by atoms with van der Waals surface area (Å²) in [4.78, 5) is 20.1. The van der Waals surface area contributed by atoms with Crippen LogP contribution in [0.4, 0.5) is 0 Å². The van der Waals surface area contributed by atoms with Crippen LogP contribution in [0.25, 0.3) is 0 Å². The largest absolute Gasteiger partial charge is 0.356 e. The lowest BCUT2D eigenvalue weighted by molar-refractivity contribution is -0.124. The highest BCUT2D eigenvalue weighted by Crippen LogP contribution is 2.05. The average molecular weight is 236 g/mol. The summed E-state index contributed by atoms with van der Waals surface area (Å²) in [5.41, 5.74) is 6.49. The zero-order valence-corrected chi connectivity index (χ0v) is 10.4. The van der Waals surface area contributed by atoms with E-state index in [4.69, 9.17) is 5.73 Å². The molecule has 1 heterocycles. The summed E-state index contributed by atoms with van der Waals surface area (Å²) in [7, 11) is 0. The van der Waals surface area contributed by atoms with E-state index in [0.29, 0.717) is 25.3 Å². The maximum Gasteiger partial charge on any atom is 0.224 e. The third kappa shape index (κ3) is 4.48. The maximum absolute atomic E-state index is 11.8. The van der Waals surface area contributed by atoms with Crippen molar-refractivity contribution in [1.82, 2.24) is 15.3 Å². The number of carbonyl (C=O) groups is 1. The van der Waals surface area contributed by atoms with Crippen molar-refractivity contribution in [3.8, 4) is 0 Å². The minimum Gasteiger partial charge on any atom is -0.356 e. The second-order valence-electron chi connectivity index (χ2n) is 4.02. The molecule has 1 amide bonds. The van der Waals surface area contributed by atoms with E-state index in [1.807, 2.05) is 19.9 Å². The fourth-order valence-electron chi connectivity index (χ4n) is 1.55. The summed E-state index contributed by atoms with van der Waals surface area (Å²) in [6, 6.07) is 1.82. The molecule has 1 aromatic rings. The Morgan fingerprint density at radius 2 is 2.35 bits per heavy atom. The molecule has 17 heavy (non-hydrogen) atoms. The number of nitrogens with one attached hydrogen (secondary N) is 1. The monoisotopic (exact) mass is 236 g/mol. The third-order valence-electron chi connectivity index (χ3n) is 2.49. The van der Waals surface area contributed by atoms with Gasteiger partial charge in [-0.2, -0.15) is 0 Å². The molecule has 1 rings (SSSR count). The van der Waals surface area contributed by atoms with Crippen LogP contribution >= 0.6 is 0 Å². The highest BCUT2D eigenvalue weighted by Gasteiger charge is 2.17. The van der Waals surface area contributed by atoms with E-state index in [9.17, 15) is 4.79 Å². The Morgan fingerprint density at radius 1 is 1.59 bits per heavy atom. The lowest BCUT2D eigenvalue weighted by Gasteiger charge is -2.14. The molecular formula is C12H20N4O. The Bertz CT molecular complexity index is 367. The summed E-state index contributed by atoms with van der Waals surface area (Å²) in [5.74, 6) is 0.508. The minimum absolute atomic E-state index is 0.00520. The Hall–Kier alpha value is -1.49. The summed E-state index contributed by atoms with van der Waals surface area (Å²) in [6.07, 6.45) is 3.19. The molecule has 94 valence electrons. The van der Waals surface area contributed by atoms with Crippen molar-refractivity contribution in [2.45, 2.75) is 26.7 Å². The first-order chi connectivity index (χ1) is 8.17. The van der Waals surface area contributed by atoms with Gasteiger partial charge in [-0.05, 0) is 19.4 Å². The number of hydrogen-bond acceptors (Lipinski definition) is 4. The second kappa shape index (κ2) is 6.96. The Balaban J connectivity index is 2.60. The molecule has 0 aromatic carbocycles. The first-order valence-corrected chi connectivity index (χ1v) is 5.93. The number of nitrogens with zero attached hydrogens (tertiary/aromatic N) is 2. The van der Waals surface area contributed by atoms with Gasteiger partial charge in [0, 0.05) is 31.4 Å². The summed E-state index contributed by atoms with van der Waals surface area (Å²) in [5, 5.41) is 2.86. The molecule has 5 nitrogen and oxygen atoms in total. The van der Waals surface area contributed by atoms with Crippen molar-refractivity contribution in [3.05, 3.63) is 23.8 Å². The summed E-state index contributed by atoms with van der Waals surface area (Å²) >= 11 is 0. The van der Waals surface area contributed by atoms with Gasteiger partial charge in [-0.1, -0.05) is 6.92 Å². The molecule has 1 aromatic heterocycles. The molecule has 0 radical (unpaired) electrons. The molecule has 0 aliphatic rings. The quantitative estimate of drug-likeness (QED) is 0.750. The number of hydrogen-bond donors (Lipinski definition) is 2. The topological polar surface area (TPSA) is 80.9 Å². The molecule has 0 spiro atoms. The van der Waals surface area contributed by atoms with Crippen LogP contribution in [0.1, 0.15) is 24.9 Å². The van der Waals surface area contributed by atoms with E-state index in [1.54, 1.807) is 6.20 Å². The van der Waals surface area contributed by atoms with Crippen LogP contribution in [0.2, 0.25) is 0 Å². The van der Waals surface area contributed by atoms with Crippen LogP contribution in [0.15, 0.2) is 12.3 Å². The van der Waals surface area contributed by atoms with Crippen LogP contribution in [0.3, 0.4) is 0 Å². The van der Waals surface area contributed by atoms with Crippen molar-refractivity contribution >= 4 is 5.91 Å². The molecule has 3 N–H and O–H groups in total. The summed E-state index contributed by atoms with van der Waals surface area (Å²) < 4.78 is 0. The number of carbonyl (C=O) groups excluding carboxylic acids is 1. The number of amides is 1. The van der Waals surface area contributed by atoms with Crippen molar-refractivity contribution < 1.29 is 4.79 Å². The molecule has 0 aliphatic heterocycles. The number of nitrogens with two attached hydrogens (primary N) is 1. The minimum atomic E-state index is -0.212. The molecule has 0 saturated carbocycles. The van der Waals surface area contributed by atoms with Crippen molar-refractivity contribution in [1.29, 1.82) is 0 Å². The van der Waals surface area contributed by atoms with Gasteiger partial charge in [-0.15, -0.1) is 0 Å². The SMILES string of the molecule is CCCNC(=O)C(CN)Cc1ccnc(C)n1.